The van der Waals surface area contributed by atoms with Gasteiger partial charge in [-0.3, -0.25) is 9.59 Å². The lowest BCUT2D eigenvalue weighted by molar-refractivity contribution is -0.152. The number of carbonyl (C=O) groups is 2. The van der Waals surface area contributed by atoms with E-state index in [0.29, 0.717) is 23.4 Å². The molecule has 0 aromatic carbocycles. The van der Waals surface area contributed by atoms with E-state index in [9.17, 15) is 14.4 Å². The van der Waals surface area contributed by atoms with E-state index in [2.05, 4.69) is 4.98 Å². The Morgan fingerprint density at radius 3 is 2.20 bits per heavy atom. The van der Waals surface area contributed by atoms with Crippen LogP contribution in [0.15, 0.2) is 16.9 Å². The number of nitrogens with one attached hydrogen (secondary N) is 1. The third-order valence-corrected chi connectivity index (χ3v) is 6.49. The zero-order chi connectivity index (χ0) is 17.8. The molecule has 4 fully saturated rings. The molecule has 0 amide bonds. The van der Waals surface area contributed by atoms with Gasteiger partial charge in [0.05, 0.1) is 0 Å². The molecule has 1 aromatic heterocycles. The highest BCUT2D eigenvalue weighted by Crippen LogP contribution is 2.60. The molecule has 1 heterocycles. The summed E-state index contributed by atoms with van der Waals surface area (Å²) < 4.78 is 5.40. The van der Waals surface area contributed by atoms with E-state index >= 15 is 0 Å². The molecule has 5 rings (SSSR count). The first-order chi connectivity index (χ1) is 11.9. The number of hydrogen-bond acceptors (Lipinski definition) is 4. The molecule has 0 aliphatic heterocycles. The minimum atomic E-state index is -0.801. The van der Waals surface area contributed by atoms with Crippen LogP contribution in [0.1, 0.15) is 61.5 Å². The Labute approximate surface area is 147 Å². The summed E-state index contributed by atoms with van der Waals surface area (Å²) in [5.74, 6) is 1.34. The number of aromatic amines is 1. The van der Waals surface area contributed by atoms with Crippen LogP contribution in [0.3, 0.4) is 0 Å². The highest BCUT2D eigenvalue weighted by atomic mass is 16.5. The molecule has 134 valence electrons. The van der Waals surface area contributed by atoms with Gasteiger partial charge in [0.1, 0.15) is 5.56 Å². The fourth-order valence-electron chi connectivity index (χ4n) is 5.85. The van der Waals surface area contributed by atoms with Crippen molar-refractivity contribution in [2.75, 3.05) is 0 Å². The predicted octanol–water partition coefficient (Wildman–Crippen LogP) is 3.01. The maximum atomic E-state index is 13.1. The van der Waals surface area contributed by atoms with Crippen molar-refractivity contribution in [3.05, 3.63) is 33.7 Å². The van der Waals surface area contributed by atoms with Gasteiger partial charge in [-0.1, -0.05) is 0 Å². The lowest BCUT2D eigenvalue weighted by Crippen LogP contribution is -2.52. The van der Waals surface area contributed by atoms with E-state index in [4.69, 9.17) is 4.74 Å². The Morgan fingerprint density at radius 2 is 1.68 bits per heavy atom. The Balaban J connectivity index is 1.49. The lowest BCUT2D eigenvalue weighted by Gasteiger charge is -2.56. The Bertz CT molecular complexity index is 743. The van der Waals surface area contributed by atoms with Gasteiger partial charge in [0.25, 0.3) is 5.56 Å². The molecule has 5 nitrogen and oxygen atoms in total. The fraction of sp³-hybridized carbons (Fsp3) is 0.650. The van der Waals surface area contributed by atoms with E-state index < -0.39 is 17.6 Å². The van der Waals surface area contributed by atoms with E-state index in [0.717, 1.165) is 19.3 Å². The Hall–Kier alpha value is -1.91. The molecular formula is C20H25NO4. The average Bonchev–Trinajstić information content (AvgIpc) is 2.52. The largest absolute Gasteiger partial charge is 0.451 e. The summed E-state index contributed by atoms with van der Waals surface area (Å²) in [7, 11) is 0. The Morgan fingerprint density at radius 1 is 1.12 bits per heavy atom. The molecule has 5 heteroatoms. The number of aromatic nitrogens is 1. The van der Waals surface area contributed by atoms with Crippen LogP contribution in [-0.2, 0) is 9.53 Å². The smallest absolute Gasteiger partial charge is 0.344 e. The molecule has 4 saturated carbocycles. The SMILES string of the molecule is Cc1ccc(C(=O)O[C@H](C)C(=O)C23CC4CC(CC(C4)C2)C3)c(=O)[nH]1. The van der Waals surface area contributed by atoms with Crippen LogP contribution in [0.4, 0.5) is 0 Å². The highest BCUT2D eigenvalue weighted by molar-refractivity contribution is 5.94. The zero-order valence-corrected chi connectivity index (χ0v) is 14.8. The monoisotopic (exact) mass is 343 g/mol. The van der Waals surface area contributed by atoms with Crippen molar-refractivity contribution >= 4 is 11.8 Å². The maximum Gasteiger partial charge on any atom is 0.344 e. The summed E-state index contributed by atoms with van der Waals surface area (Å²) in [6.07, 6.45) is 5.84. The van der Waals surface area contributed by atoms with Crippen molar-refractivity contribution in [3.8, 4) is 0 Å². The van der Waals surface area contributed by atoms with Crippen molar-refractivity contribution in [2.24, 2.45) is 23.2 Å². The molecule has 0 spiro atoms. The lowest BCUT2D eigenvalue weighted by atomic mass is 9.48. The van der Waals surface area contributed by atoms with Crippen LogP contribution in [0.5, 0.6) is 0 Å². The minimum Gasteiger partial charge on any atom is -0.451 e. The van der Waals surface area contributed by atoms with Crippen LogP contribution in [0.2, 0.25) is 0 Å². The topological polar surface area (TPSA) is 76.2 Å². The Kier molecular flexibility index (Phi) is 3.85. The fourth-order valence-corrected chi connectivity index (χ4v) is 5.85. The first-order valence-electron chi connectivity index (χ1n) is 9.31. The van der Waals surface area contributed by atoms with Crippen molar-refractivity contribution in [3.63, 3.8) is 0 Å². The first kappa shape index (κ1) is 16.6. The molecule has 0 saturated heterocycles. The molecule has 4 aliphatic rings. The van der Waals surface area contributed by atoms with Crippen molar-refractivity contribution in [1.29, 1.82) is 0 Å². The number of ketones is 1. The number of aryl methyl sites for hydroxylation is 1. The van der Waals surface area contributed by atoms with Gasteiger partial charge in [0.15, 0.2) is 11.9 Å². The number of carbonyl (C=O) groups excluding carboxylic acids is 2. The van der Waals surface area contributed by atoms with Gasteiger partial charge in [0, 0.05) is 11.1 Å². The molecule has 0 radical (unpaired) electrons. The van der Waals surface area contributed by atoms with Gasteiger partial charge >= 0.3 is 5.97 Å². The standard InChI is InChI=1S/C20H25NO4/c1-11-3-4-16(18(23)21-11)19(24)25-12(2)17(22)20-8-13-5-14(9-20)7-15(6-13)10-20/h3-4,12-15H,5-10H2,1-2H3,(H,21,23)/t12-,13?,14?,15?,20?/m1/s1. The summed E-state index contributed by atoms with van der Waals surface area (Å²) >= 11 is 0. The third-order valence-electron chi connectivity index (χ3n) is 6.49. The van der Waals surface area contributed by atoms with Crippen LogP contribution < -0.4 is 5.56 Å². The maximum absolute atomic E-state index is 13.1. The van der Waals surface area contributed by atoms with Crippen LogP contribution in [-0.4, -0.2) is 22.8 Å². The van der Waals surface area contributed by atoms with Crippen LogP contribution >= 0.6 is 0 Å². The first-order valence-corrected chi connectivity index (χ1v) is 9.31. The number of pyridine rings is 1. The average molecular weight is 343 g/mol. The van der Waals surface area contributed by atoms with Gasteiger partial charge in [-0.25, -0.2) is 4.79 Å². The normalized spacial score (nSPS) is 33.9. The molecular weight excluding hydrogens is 318 g/mol. The van der Waals surface area contributed by atoms with Crippen molar-refractivity contribution in [2.45, 2.75) is 58.5 Å². The third kappa shape index (κ3) is 2.83. The van der Waals surface area contributed by atoms with E-state index in [1.54, 1.807) is 19.9 Å². The van der Waals surface area contributed by atoms with Gasteiger partial charge in [-0.15, -0.1) is 0 Å². The molecule has 25 heavy (non-hydrogen) atoms. The highest BCUT2D eigenvalue weighted by Gasteiger charge is 2.55. The minimum absolute atomic E-state index is 0.0456. The van der Waals surface area contributed by atoms with Gasteiger partial charge in [-0.2, -0.15) is 0 Å². The number of Topliss-reactive ketones (excluding diaryl/α,β-unsaturated/α-hetero) is 1. The number of rotatable bonds is 4. The van der Waals surface area contributed by atoms with Gasteiger partial charge in [-0.05, 0) is 82.3 Å². The van der Waals surface area contributed by atoms with Crippen molar-refractivity contribution in [1.82, 2.24) is 4.98 Å². The van der Waals surface area contributed by atoms with Crippen LogP contribution in [0, 0.1) is 30.1 Å². The van der Waals surface area contributed by atoms with E-state index in [-0.39, 0.29) is 16.8 Å². The number of ether oxygens (including phenoxy) is 1. The molecule has 1 aromatic rings. The van der Waals surface area contributed by atoms with Gasteiger partial charge < -0.3 is 9.72 Å². The molecule has 4 aliphatic carbocycles. The van der Waals surface area contributed by atoms with Gasteiger partial charge in [0.2, 0.25) is 0 Å². The number of hydrogen-bond donors (Lipinski definition) is 1. The molecule has 1 N–H and O–H groups in total. The summed E-state index contributed by atoms with van der Waals surface area (Å²) in [4.78, 5) is 40.0. The second kappa shape index (κ2) is 5.82. The zero-order valence-electron chi connectivity index (χ0n) is 14.8. The van der Waals surface area contributed by atoms with Crippen LogP contribution in [0.25, 0.3) is 0 Å². The second-order valence-electron chi connectivity index (χ2n) is 8.49. The quantitative estimate of drug-likeness (QED) is 0.853. The van der Waals surface area contributed by atoms with E-state index in [1.807, 2.05) is 0 Å². The summed E-state index contributed by atoms with van der Waals surface area (Å²) in [5, 5.41) is 0. The molecule has 0 unspecified atom stereocenters. The van der Waals surface area contributed by atoms with Crippen molar-refractivity contribution < 1.29 is 14.3 Å². The predicted molar refractivity (Wildman–Crippen MR) is 92.3 cm³/mol. The second-order valence-corrected chi connectivity index (χ2v) is 8.49. The van der Waals surface area contributed by atoms with E-state index in [1.165, 1.54) is 25.3 Å². The number of H-pyrrole nitrogens is 1. The molecule has 4 bridgehead atoms. The summed E-state index contributed by atoms with van der Waals surface area (Å²) in [6, 6.07) is 3.11. The summed E-state index contributed by atoms with van der Waals surface area (Å²) in [6.45, 7) is 3.40. The molecule has 1 atom stereocenters. The number of esters is 1. The summed E-state index contributed by atoms with van der Waals surface area (Å²) in [5.41, 5.74) is -0.136.